The highest BCUT2D eigenvalue weighted by atomic mass is 16.5. The summed E-state index contributed by atoms with van der Waals surface area (Å²) in [5.41, 5.74) is 1.84. The van der Waals surface area contributed by atoms with Gasteiger partial charge in [0.05, 0.1) is 7.11 Å². The highest BCUT2D eigenvalue weighted by molar-refractivity contribution is 5.89. The summed E-state index contributed by atoms with van der Waals surface area (Å²) in [4.78, 5) is 13.7. The van der Waals surface area contributed by atoms with Gasteiger partial charge in [0.25, 0.3) is 0 Å². The van der Waals surface area contributed by atoms with E-state index in [0.29, 0.717) is 6.54 Å². The molecule has 0 spiro atoms. The number of benzene rings is 2. The summed E-state index contributed by atoms with van der Waals surface area (Å²) in [7, 11) is 3.40. The third-order valence-electron chi connectivity index (χ3n) is 2.95. The van der Waals surface area contributed by atoms with Crippen molar-refractivity contribution < 1.29 is 9.53 Å². The van der Waals surface area contributed by atoms with Crippen LogP contribution in [-0.4, -0.2) is 25.1 Å². The number of para-hydroxylation sites is 1. The van der Waals surface area contributed by atoms with E-state index in [1.807, 2.05) is 54.6 Å². The van der Waals surface area contributed by atoms with Gasteiger partial charge in [-0.1, -0.05) is 30.3 Å². The molecule has 0 aliphatic rings. The fourth-order valence-electron chi connectivity index (χ4n) is 1.82. The van der Waals surface area contributed by atoms with Crippen molar-refractivity contribution in [3.05, 3.63) is 60.2 Å². The van der Waals surface area contributed by atoms with Crippen LogP contribution in [0.3, 0.4) is 0 Å². The summed E-state index contributed by atoms with van der Waals surface area (Å²) in [5.74, 6) is 0.810. The van der Waals surface area contributed by atoms with E-state index in [-0.39, 0.29) is 6.03 Å². The Labute approximate surface area is 119 Å². The standard InChI is InChI=1S/C16H18N2O2/c1-18(12-13-8-10-15(20-2)11-9-13)16(19)17-14-6-4-3-5-7-14/h3-11H,12H2,1-2H3,(H,17,19). The minimum absolute atomic E-state index is 0.132. The lowest BCUT2D eigenvalue weighted by molar-refractivity contribution is 0.220. The van der Waals surface area contributed by atoms with Gasteiger partial charge in [0, 0.05) is 19.3 Å². The molecule has 0 unspecified atom stereocenters. The van der Waals surface area contributed by atoms with Gasteiger partial charge in [0.2, 0.25) is 0 Å². The van der Waals surface area contributed by atoms with Crippen LogP contribution in [0.1, 0.15) is 5.56 Å². The van der Waals surface area contributed by atoms with Crippen molar-refractivity contribution in [3.8, 4) is 5.75 Å². The maximum atomic E-state index is 12.0. The van der Waals surface area contributed by atoms with E-state index in [2.05, 4.69) is 5.32 Å². The van der Waals surface area contributed by atoms with Crippen LogP contribution in [0.4, 0.5) is 10.5 Å². The number of carbonyl (C=O) groups is 1. The van der Waals surface area contributed by atoms with Crippen LogP contribution in [0.2, 0.25) is 0 Å². The van der Waals surface area contributed by atoms with E-state index in [1.54, 1.807) is 19.1 Å². The molecule has 0 saturated carbocycles. The number of ether oxygens (including phenoxy) is 1. The maximum absolute atomic E-state index is 12.0. The van der Waals surface area contributed by atoms with Crippen LogP contribution in [0, 0.1) is 0 Å². The average Bonchev–Trinajstić information content (AvgIpc) is 2.49. The number of anilines is 1. The fraction of sp³-hybridized carbons (Fsp3) is 0.188. The van der Waals surface area contributed by atoms with Crippen molar-refractivity contribution in [1.82, 2.24) is 4.90 Å². The quantitative estimate of drug-likeness (QED) is 0.925. The van der Waals surface area contributed by atoms with Gasteiger partial charge >= 0.3 is 6.03 Å². The minimum atomic E-state index is -0.132. The number of carbonyl (C=O) groups excluding carboxylic acids is 1. The molecule has 2 amide bonds. The van der Waals surface area contributed by atoms with Crippen molar-refractivity contribution >= 4 is 11.7 Å². The lowest BCUT2D eigenvalue weighted by atomic mass is 10.2. The number of hydrogen-bond donors (Lipinski definition) is 1. The molecule has 0 saturated heterocycles. The Bertz CT molecular complexity index is 552. The third-order valence-corrected chi connectivity index (χ3v) is 2.95. The molecule has 2 aromatic carbocycles. The molecule has 4 heteroatoms. The van der Waals surface area contributed by atoms with Crippen molar-refractivity contribution in [1.29, 1.82) is 0 Å². The molecule has 0 atom stereocenters. The zero-order chi connectivity index (χ0) is 14.4. The van der Waals surface area contributed by atoms with E-state index in [1.165, 1.54) is 0 Å². The van der Waals surface area contributed by atoms with E-state index >= 15 is 0 Å². The number of hydrogen-bond acceptors (Lipinski definition) is 2. The molecule has 104 valence electrons. The van der Waals surface area contributed by atoms with Crippen LogP contribution in [0.25, 0.3) is 0 Å². The zero-order valence-electron chi connectivity index (χ0n) is 11.7. The lowest BCUT2D eigenvalue weighted by Crippen LogP contribution is -2.30. The molecule has 1 N–H and O–H groups in total. The normalized spacial score (nSPS) is 9.90. The smallest absolute Gasteiger partial charge is 0.321 e. The highest BCUT2D eigenvalue weighted by Crippen LogP contribution is 2.13. The first-order valence-corrected chi connectivity index (χ1v) is 6.39. The van der Waals surface area contributed by atoms with E-state index in [4.69, 9.17) is 4.74 Å². The second-order valence-electron chi connectivity index (χ2n) is 4.50. The molecule has 0 radical (unpaired) electrons. The number of rotatable bonds is 4. The Balaban J connectivity index is 1.93. The molecule has 4 nitrogen and oxygen atoms in total. The molecule has 0 fully saturated rings. The second kappa shape index (κ2) is 6.61. The average molecular weight is 270 g/mol. The number of amides is 2. The first-order chi connectivity index (χ1) is 9.69. The summed E-state index contributed by atoms with van der Waals surface area (Å²) in [6, 6.07) is 17.0. The molecule has 20 heavy (non-hydrogen) atoms. The molecule has 0 aliphatic heterocycles. The molecule has 0 aliphatic carbocycles. The van der Waals surface area contributed by atoms with Crippen molar-refractivity contribution in [2.45, 2.75) is 6.54 Å². The maximum Gasteiger partial charge on any atom is 0.321 e. The van der Waals surface area contributed by atoms with Gasteiger partial charge in [-0.25, -0.2) is 4.79 Å². The molecule has 2 aromatic rings. The number of nitrogens with zero attached hydrogens (tertiary/aromatic N) is 1. The summed E-state index contributed by atoms with van der Waals surface area (Å²) >= 11 is 0. The number of nitrogens with one attached hydrogen (secondary N) is 1. The Morgan fingerprint density at radius 3 is 2.35 bits per heavy atom. The Hall–Kier alpha value is -2.49. The lowest BCUT2D eigenvalue weighted by Gasteiger charge is -2.18. The van der Waals surface area contributed by atoms with Crippen LogP contribution >= 0.6 is 0 Å². The summed E-state index contributed by atoms with van der Waals surface area (Å²) in [5, 5.41) is 2.85. The summed E-state index contributed by atoms with van der Waals surface area (Å²) in [6.07, 6.45) is 0. The van der Waals surface area contributed by atoms with Gasteiger partial charge < -0.3 is 15.0 Å². The summed E-state index contributed by atoms with van der Waals surface area (Å²) < 4.78 is 5.11. The molecule has 0 heterocycles. The highest BCUT2D eigenvalue weighted by Gasteiger charge is 2.09. The van der Waals surface area contributed by atoms with Crippen molar-refractivity contribution in [2.24, 2.45) is 0 Å². The predicted molar refractivity (Wildman–Crippen MR) is 79.9 cm³/mol. The molecule has 0 aromatic heterocycles. The molecular formula is C16H18N2O2. The SMILES string of the molecule is COc1ccc(CN(C)C(=O)Nc2ccccc2)cc1. The van der Waals surface area contributed by atoms with Crippen LogP contribution < -0.4 is 10.1 Å². The van der Waals surface area contributed by atoms with Crippen LogP contribution in [0.5, 0.6) is 5.75 Å². The zero-order valence-corrected chi connectivity index (χ0v) is 11.7. The first-order valence-electron chi connectivity index (χ1n) is 6.39. The monoisotopic (exact) mass is 270 g/mol. The second-order valence-corrected chi connectivity index (χ2v) is 4.50. The largest absolute Gasteiger partial charge is 0.497 e. The van der Waals surface area contributed by atoms with Gasteiger partial charge in [-0.15, -0.1) is 0 Å². The number of methoxy groups -OCH3 is 1. The van der Waals surface area contributed by atoms with Gasteiger partial charge in [0.15, 0.2) is 0 Å². The number of urea groups is 1. The topological polar surface area (TPSA) is 41.6 Å². The Morgan fingerprint density at radius 1 is 1.10 bits per heavy atom. The fourth-order valence-corrected chi connectivity index (χ4v) is 1.82. The van der Waals surface area contributed by atoms with Crippen molar-refractivity contribution in [3.63, 3.8) is 0 Å². The van der Waals surface area contributed by atoms with Gasteiger partial charge in [0.1, 0.15) is 5.75 Å². The third kappa shape index (κ3) is 3.75. The van der Waals surface area contributed by atoms with Gasteiger partial charge in [-0.2, -0.15) is 0 Å². The van der Waals surface area contributed by atoms with Crippen LogP contribution in [-0.2, 0) is 6.54 Å². The molecule has 0 bridgehead atoms. The molecule has 2 rings (SSSR count). The minimum Gasteiger partial charge on any atom is -0.497 e. The Morgan fingerprint density at radius 2 is 1.75 bits per heavy atom. The first kappa shape index (κ1) is 13.9. The van der Waals surface area contributed by atoms with E-state index in [0.717, 1.165) is 17.0 Å². The van der Waals surface area contributed by atoms with E-state index < -0.39 is 0 Å². The van der Waals surface area contributed by atoms with Crippen LogP contribution in [0.15, 0.2) is 54.6 Å². The van der Waals surface area contributed by atoms with E-state index in [9.17, 15) is 4.79 Å². The predicted octanol–water partition coefficient (Wildman–Crippen LogP) is 3.36. The molecular weight excluding hydrogens is 252 g/mol. The van der Waals surface area contributed by atoms with Gasteiger partial charge in [-0.3, -0.25) is 0 Å². The van der Waals surface area contributed by atoms with Crippen molar-refractivity contribution in [2.75, 3.05) is 19.5 Å². The summed E-state index contributed by atoms with van der Waals surface area (Å²) in [6.45, 7) is 0.544. The van der Waals surface area contributed by atoms with Gasteiger partial charge in [-0.05, 0) is 29.8 Å². The Kier molecular flexibility index (Phi) is 4.60.